The molecule has 3 nitrogen and oxygen atoms in total. The highest BCUT2D eigenvalue weighted by atomic mass is 16.6. The third kappa shape index (κ3) is 1.38. The maximum Gasteiger partial charge on any atom is 0.118 e. The van der Waals surface area contributed by atoms with Crippen molar-refractivity contribution in [1.29, 1.82) is 0 Å². The van der Waals surface area contributed by atoms with Crippen LogP contribution in [-0.2, 0) is 4.74 Å². The van der Waals surface area contributed by atoms with E-state index in [4.69, 9.17) is 4.74 Å². The molecule has 4 rings (SSSR count). The van der Waals surface area contributed by atoms with Crippen molar-refractivity contribution in [3.05, 3.63) is 46.5 Å². The zero-order valence-electron chi connectivity index (χ0n) is 10.9. The minimum absolute atomic E-state index is 0.0578. The van der Waals surface area contributed by atoms with E-state index in [1.54, 1.807) is 0 Å². The summed E-state index contributed by atoms with van der Waals surface area (Å²) in [5.74, 6) is 0. The third-order valence-electron chi connectivity index (χ3n) is 4.47. The molecule has 0 saturated carbocycles. The Morgan fingerprint density at radius 2 is 1.74 bits per heavy atom. The van der Waals surface area contributed by atoms with Crippen molar-refractivity contribution in [2.45, 2.75) is 38.3 Å². The summed E-state index contributed by atoms with van der Waals surface area (Å²) in [5.41, 5.74) is 4.30. The second-order valence-electron chi connectivity index (χ2n) is 5.65. The topological polar surface area (TPSA) is 53.0 Å². The van der Waals surface area contributed by atoms with Crippen molar-refractivity contribution in [1.82, 2.24) is 0 Å². The van der Waals surface area contributed by atoms with Gasteiger partial charge in [0, 0.05) is 0 Å². The van der Waals surface area contributed by atoms with Crippen LogP contribution in [0.2, 0.25) is 0 Å². The predicted octanol–water partition coefficient (Wildman–Crippen LogP) is 2.30. The summed E-state index contributed by atoms with van der Waals surface area (Å²) in [6.07, 6.45) is -1.95. The molecular weight excluding hydrogens is 240 g/mol. The Bertz CT molecular complexity index is 692. The summed E-state index contributed by atoms with van der Waals surface area (Å²) in [4.78, 5) is 0. The summed E-state index contributed by atoms with van der Waals surface area (Å²) in [6, 6.07) is 8.18. The third-order valence-corrected chi connectivity index (χ3v) is 4.47. The van der Waals surface area contributed by atoms with Crippen LogP contribution in [0.1, 0.15) is 34.5 Å². The number of ether oxygens (including phenoxy) is 1. The number of epoxide rings is 1. The number of aryl methyl sites for hydroxylation is 2. The highest BCUT2D eigenvalue weighted by molar-refractivity contribution is 5.93. The summed E-state index contributed by atoms with van der Waals surface area (Å²) in [6.45, 7) is 4.17. The number of rotatable bonds is 0. The fourth-order valence-electron chi connectivity index (χ4n) is 3.36. The van der Waals surface area contributed by atoms with E-state index in [-0.39, 0.29) is 12.2 Å². The minimum Gasteiger partial charge on any atom is -0.387 e. The first-order valence-corrected chi connectivity index (χ1v) is 6.64. The lowest BCUT2D eigenvalue weighted by molar-refractivity contribution is 0.000103. The van der Waals surface area contributed by atoms with Crippen molar-refractivity contribution >= 4 is 10.8 Å². The Hall–Kier alpha value is -1.42. The number of hydrogen-bond acceptors (Lipinski definition) is 3. The average Bonchev–Trinajstić information content (AvgIpc) is 3.19. The maximum atomic E-state index is 10.2. The quantitative estimate of drug-likeness (QED) is 0.711. The van der Waals surface area contributed by atoms with E-state index >= 15 is 0 Å². The van der Waals surface area contributed by atoms with E-state index in [9.17, 15) is 10.2 Å². The van der Waals surface area contributed by atoms with Gasteiger partial charge in [0.2, 0.25) is 0 Å². The van der Waals surface area contributed by atoms with Gasteiger partial charge in [-0.2, -0.15) is 0 Å². The molecule has 2 aromatic rings. The standard InChI is InChI=1S/C16H16O3/c1-7-3-4-8(2)11-9(7)5-6-10-12(11)15-16(19-15)14(18)13(10)17/h3-6,13-18H,1-2H3/t13-,14+,15-,16+/m1/s1. The lowest BCUT2D eigenvalue weighted by atomic mass is 9.82. The molecule has 2 N–H and O–H groups in total. The lowest BCUT2D eigenvalue weighted by Gasteiger charge is -2.25. The first kappa shape index (κ1) is 11.4. The molecule has 0 unspecified atom stereocenters. The highest BCUT2D eigenvalue weighted by Gasteiger charge is 2.54. The summed E-state index contributed by atoms with van der Waals surface area (Å²) in [5, 5.41) is 22.6. The number of aliphatic hydroxyl groups excluding tert-OH is 2. The number of aliphatic hydroxyl groups is 2. The van der Waals surface area contributed by atoms with Crippen molar-refractivity contribution in [3.8, 4) is 0 Å². The Morgan fingerprint density at radius 3 is 2.53 bits per heavy atom. The zero-order chi connectivity index (χ0) is 13.3. The molecule has 0 radical (unpaired) electrons. The summed E-state index contributed by atoms with van der Waals surface area (Å²) < 4.78 is 5.58. The normalized spacial score (nSPS) is 32.0. The molecule has 2 aliphatic rings. The molecule has 1 heterocycles. The zero-order valence-corrected chi connectivity index (χ0v) is 10.9. The highest BCUT2D eigenvalue weighted by Crippen LogP contribution is 2.53. The Balaban J connectivity index is 2.10. The van der Waals surface area contributed by atoms with Crippen LogP contribution in [0.4, 0.5) is 0 Å². The van der Waals surface area contributed by atoms with Gasteiger partial charge in [0.15, 0.2) is 0 Å². The van der Waals surface area contributed by atoms with Gasteiger partial charge in [0.1, 0.15) is 24.4 Å². The molecule has 98 valence electrons. The fourth-order valence-corrected chi connectivity index (χ4v) is 3.36. The molecular formula is C16H16O3. The molecule has 1 aliphatic heterocycles. The fraction of sp³-hybridized carbons (Fsp3) is 0.375. The van der Waals surface area contributed by atoms with Crippen molar-refractivity contribution in [2.24, 2.45) is 0 Å². The lowest BCUT2D eigenvalue weighted by Crippen LogP contribution is -2.29. The van der Waals surface area contributed by atoms with Crippen LogP contribution < -0.4 is 0 Å². The second kappa shape index (κ2) is 3.57. The Morgan fingerprint density at radius 1 is 1.00 bits per heavy atom. The Kier molecular flexibility index (Phi) is 2.14. The van der Waals surface area contributed by atoms with Gasteiger partial charge in [-0.1, -0.05) is 24.3 Å². The molecule has 0 bridgehead atoms. The molecule has 0 aromatic heterocycles. The molecule has 1 aliphatic carbocycles. The van der Waals surface area contributed by atoms with E-state index in [1.807, 2.05) is 12.1 Å². The van der Waals surface area contributed by atoms with Gasteiger partial charge < -0.3 is 14.9 Å². The first-order chi connectivity index (χ1) is 9.09. The van der Waals surface area contributed by atoms with Crippen molar-refractivity contribution in [3.63, 3.8) is 0 Å². The van der Waals surface area contributed by atoms with Gasteiger partial charge in [0.25, 0.3) is 0 Å². The first-order valence-electron chi connectivity index (χ1n) is 6.64. The van der Waals surface area contributed by atoms with Gasteiger partial charge in [0.05, 0.1) is 0 Å². The number of fused-ring (bicyclic) bond motifs is 5. The van der Waals surface area contributed by atoms with Crippen LogP contribution in [0.25, 0.3) is 10.8 Å². The van der Waals surface area contributed by atoms with E-state index in [0.717, 1.165) is 11.1 Å². The van der Waals surface area contributed by atoms with E-state index in [2.05, 4.69) is 26.0 Å². The van der Waals surface area contributed by atoms with Crippen molar-refractivity contribution in [2.75, 3.05) is 0 Å². The van der Waals surface area contributed by atoms with Gasteiger partial charge in [-0.3, -0.25) is 0 Å². The molecule has 1 saturated heterocycles. The second-order valence-corrected chi connectivity index (χ2v) is 5.65. The van der Waals surface area contributed by atoms with Crippen LogP contribution in [0, 0.1) is 13.8 Å². The van der Waals surface area contributed by atoms with Crippen LogP contribution in [-0.4, -0.2) is 22.4 Å². The molecule has 2 aromatic carbocycles. The molecule has 19 heavy (non-hydrogen) atoms. The predicted molar refractivity (Wildman–Crippen MR) is 72.0 cm³/mol. The van der Waals surface area contributed by atoms with E-state index < -0.39 is 12.2 Å². The van der Waals surface area contributed by atoms with Gasteiger partial charge >= 0.3 is 0 Å². The molecule has 1 fully saturated rings. The number of hydrogen-bond donors (Lipinski definition) is 2. The molecule has 0 amide bonds. The van der Waals surface area contributed by atoms with Crippen LogP contribution >= 0.6 is 0 Å². The summed E-state index contributed by atoms with van der Waals surface area (Å²) in [7, 11) is 0. The summed E-state index contributed by atoms with van der Waals surface area (Å²) >= 11 is 0. The van der Waals surface area contributed by atoms with E-state index in [1.165, 1.54) is 21.9 Å². The number of benzene rings is 2. The van der Waals surface area contributed by atoms with Crippen LogP contribution in [0.3, 0.4) is 0 Å². The van der Waals surface area contributed by atoms with E-state index in [0.29, 0.717) is 0 Å². The van der Waals surface area contributed by atoms with Gasteiger partial charge in [-0.15, -0.1) is 0 Å². The SMILES string of the molecule is Cc1ccc(C)c2c3c(ccc12)[C@@H](O)[C@H](O)[C@@H]1O[C@H]31. The van der Waals surface area contributed by atoms with Crippen LogP contribution in [0.5, 0.6) is 0 Å². The Labute approximate surface area is 111 Å². The minimum atomic E-state index is -0.844. The molecule has 4 atom stereocenters. The maximum absolute atomic E-state index is 10.2. The smallest absolute Gasteiger partial charge is 0.118 e. The van der Waals surface area contributed by atoms with Crippen LogP contribution in [0.15, 0.2) is 24.3 Å². The van der Waals surface area contributed by atoms with Gasteiger partial charge in [-0.25, -0.2) is 0 Å². The van der Waals surface area contributed by atoms with Crippen molar-refractivity contribution < 1.29 is 14.9 Å². The largest absolute Gasteiger partial charge is 0.387 e. The van der Waals surface area contributed by atoms with Gasteiger partial charge in [-0.05, 0) is 46.9 Å². The molecule has 0 spiro atoms. The monoisotopic (exact) mass is 256 g/mol. The molecule has 3 heteroatoms. The average molecular weight is 256 g/mol.